The van der Waals surface area contributed by atoms with Gasteiger partial charge in [0.1, 0.15) is 5.60 Å². The first-order valence-corrected chi connectivity index (χ1v) is 6.21. The lowest BCUT2D eigenvalue weighted by Gasteiger charge is -2.31. The average molecular weight is 230 g/mol. The van der Waals surface area contributed by atoms with Crippen LogP contribution in [-0.2, 0) is 9.53 Å². The molecule has 0 saturated carbocycles. The van der Waals surface area contributed by atoms with Crippen LogP contribution in [-0.4, -0.2) is 18.0 Å². The Labute approximate surface area is 102 Å². The lowest BCUT2D eigenvalue weighted by molar-refractivity contribution is -0.130. The Hall–Kier alpha value is -1.15. The van der Waals surface area contributed by atoms with Crippen LogP contribution in [0.5, 0.6) is 0 Å². The topological polar surface area (TPSA) is 26.3 Å². The summed E-state index contributed by atoms with van der Waals surface area (Å²) in [5, 5.41) is 0. The van der Waals surface area contributed by atoms with Gasteiger partial charge < -0.3 is 4.74 Å². The van der Waals surface area contributed by atoms with Crippen LogP contribution in [0.15, 0.2) is 34.4 Å². The summed E-state index contributed by atoms with van der Waals surface area (Å²) < 4.78 is 5.73. The van der Waals surface area contributed by atoms with E-state index in [2.05, 4.69) is 32.9 Å². The smallest absolute Gasteiger partial charge is 0.198 e. The summed E-state index contributed by atoms with van der Waals surface area (Å²) in [5.41, 5.74) is 3.73. The predicted octanol–water partition coefficient (Wildman–Crippen LogP) is 2.96. The van der Waals surface area contributed by atoms with Crippen LogP contribution in [0.25, 0.3) is 0 Å². The average Bonchev–Trinajstić information content (AvgIpc) is 2.77. The van der Waals surface area contributed by atoms with Gasteiger partial charge in [0.2, 0.25) is 0 Å². The molecule has 1 saturated heterocycles. The second-order valence-corrected chi connectivity index (χ2v) is 6.00. The maximum Gasteiger partial charge on any atom is 0.198 e. The summed E-state index contributed by atoms with van der Waals surface area (Å²) in [6.07, 6.45) is 5.18. The Morgan fingerprint density at radius 1 is 1.18 bits per heavy atom. The van der Waals surface area contributed by atoms with Gasteiger partial charge in [-0.3, -0.25) is 4.79 Å². The predicted molar refractivity (Wildman–Crippen MR) is 66.6 cm³/mol. The maximum atomic E-state index is 12.6. The second-order valence-electron chi connectivity index (χ2n) is 6.00. The van der Waals surface area contributed by atoms with Crippen LogP contribution in [0.4, 0.5) is 0 Å². The lowest BCUT2D eigenvalue weighted by atomic mass is 9.75. The van der Waals surface area contributed by atoms with E-state index in [1.807, 2.05) is 6.92 Å². The summed E-state index contributed by atoms with van der Waals surface area (Å²) >= 11 is 0. The molecule has 0 aromatic carbocycles. The third-order valence-corrected chi connectivity index (χ3v) is 4.18. The van der Waals surface area contributed by atoms with E-state index in [1.165, 1.54) is 11.1 Å². The van der Waals surface area contributed by atoms with Crippen molar-refractivity contribution in [2.24, 2.45) is 5.41 Å². The Bertz CT molecular complexity index is 517. The SMILES string of the molecule is CC1=C2CCOC2(C)C(=O)C2=CC(C)(C)C=C21. The van der Waals surface area contributed by atoms with Gasteiger partial charge >= 0.3 is 0 Å². The number of Topliss-reactive ketones (excluding diaryl/α,β-unsaturated/α-hetero) is 1. The zero-order chi connectivity index (χ0) is 12.4. The van der Waals surface area contributed by atoms with E-state index in [0.717, 1.165) is 17.6 Å². The first-order chi connectivity index (χ1) is 7.85. The van der Waals surface area contributed by atoms with Crippen LogP contribution in [0, 0.1) is 5.41 Å². The molecule has 0 aromatic heterocycles. The standard InChI is InChI=1S/C15H18O2/c1-9-10-7-14(2,3)8-11(10)13(16)15(4)12(9)5-6-17-15/h7-8H,5-6H2,1-4H3. The number of fused-ring (bicyclic) bond motifs is 2. The molecule has 2 aliphatic carbocycles. The Balaban J connectivity index is 2.27. The van der Waals surface area contributed by atoms with Crippen molar-refractivity contribution in [3.05, 3.63) is 34.4 Å². The first-order valence-electron chi connectivity index (χ1n) is 6.21. The Morgan fingerprint density at radius 2 is 1.82 bits per heavy atom. The molecule has 1 heterocycles. The quantitative estimate of drug-likeness (QED) is 0.639. The minimum atomic E-state index is -0.687. The van der Waals surface area contributed by atoms with Crippen molar-refractivity contribution in [3.8, 4) is 0 Å². The number of allylic oxidation sites excluding steroid dienone is 4. The summed E-state index contributed by atoms with van der Waals surface area (Å²) in [4.78, 5) is 12.6. The molecule has 0 spiro atoms. The van der Waals surface area contributed by atoms with E-state index in [-0.39, 0.29) is 11.2 Å². The van der Waals surface area contributed by atoms with Gasteiger partial charge in [-0.15, -0.1) is 0 Å². The van der Waals surface area contributed by atoms with Crippen molar-refractivity contribution in [3.63, 3.8) is 0 Å². The monoisotopic (exact) mass is 230 g/mol. The van der Waals surface area contributed by atoms with Gasteiger partial charge in [-0.25, -0.2) is 0 Å². The van der Waals surface area contributed by atoms with Gasteiger partial charge in [0.15, 0.2) is 5.78 Å². The van der Waals surface area contributed by atoms with Crippen molar-refractivity contribution in [2.75, 3.05) is 6.61 Å². The fraction of sp³-hybridized carbons (Fsp3) is 0.533. The van der Waals surface area contributed by atoms with Crippen LogP contribution in [0.3, 0.4) is 0 Å². The molecule has 90 valence electrons. The highest BCUT2D eigenvalue weighted by Gasteiger charge is 2.50. The van der Waals surface area contributed by atoms with E-state index < -0.39 is 5.60 Å². The molecule has 0 aromatic rings. The highest BCUT2D eigenvalue weighted by molar-refractivity contribution is 6.11. The molecule has 0 amide bonds. The van der Waals surface area contributed by atoms with Crippen molar-refractivity contribution < 1.29 is 9.53 Å². The van der Waals surface area contributed by atoms with Gasteiger partial charge in [-0.05, 0) is 37.0 Å². The molecule has 0 radical (unpaired) electrons. The molecule has 0 N–H and O–H groups in total. The largest absolute Gasteiger partial charge is 0.362 e. The molecule has 1 aliphatic heterocycles. The minimum Gasteiger partial charge on any atom is -0.362 e. The zero-order valence-electron chi connectivity index (χ0n) is 10.9. The van der Waals surface area contributed by atoms with E-state index >= 15 is 0 Å². The number of hydrogen-bond donors (Lipinski definition) is 0. The second kappa shape index (κ2) is 2.99. The molecule has 1 atom stereocenters. The molecule has 3 rings (SSSR count). The van der Waals surface area contributed by atoms with E-state index in [4.69, 9.17) is 4.74 Å². The molecule has 1 unspecified atom stereocenters. The number of ketones is 1. The normalized spacial score (nSPS) is 34.5. The zero-order valence-corrected chi connectivity index (χ0v) is 10.9. The number of ether oxygens (including phenoxy) is 1. The van der Waals surface area contributed by atoms with Crippen molar-refractivity contribution in [1.82, 2.24) is 0 Å². The van der Waals surface area contributed by atoms with Crippen LogP contribution in [0.1, 0.15) is 34.1 Å². The fourth-order valence-electron chi connectivity index (χ4n) is 3.29. The molecule has 17 heavy (non-hydrogen) atoms. The molecule has 2 nitrogen and oxygen atoms in total. The van der Waals surface area contributed by atoms with Crippen LogP contribution in [0.2, 0.25) is 0 Å². The van der Waals surface area contributed by atoms with E-state index in [0.29, 0.717) is 6.61 Å². The van der Waals surface area contributed by atoms with Crippen molar-refractivity contribution in [1.29, 1.82) is 0 Å². The third-order valence-electron chi connectivity index (χ3n) is 4.18. The maximum absolute atomic E-state index is 12.6. The molecule has 1 fully saturated rings. The van der Waals surface area contributed by atoms with E-state index in [9.17, 15) is 4.79 Å². The summed E-state index contributed by atoms with van der Waals surface area (Å²) in [6.45, 7) is 8.98. The lowest BCUT2D eigenvalue weighted by Crippen LogP contribution is -2.40. The van der Waals surface area contributed by atoms with Crippen molar-refractivity contribution in [2.45, 2.75) is 39.7 Å². The van der Waals surface area contributed by atoms with Gasteiger partial charge in [0.25, 0.3) is 0 Å². The van der Waals surface area contributed by atoms with Gasteiger partial charge in [-0.1, -0.05) is 26.0 Å². The van der Waals surface area contributed by atoms with Gasteiger partial charge in [0, 0.05) is 11.0 Å². The summed E-state index contributed by atoms with van der Waals surface area (Å²) in [7, 11) is 0. The highest BCUT2D eigenvalue weighted by Crippen LogP contribution is 2.49. The van der Waals surface area contributed by atoms with Crippen molar-refractivity contribution >= 4 is 5.78 Å². The molecule has 2 heteroatoms. The number of carbonyl (C=O) groups is 1. The molecule has 0 bridgehead atoms. The number of rotatable bonds is 0. The molecule has 3 aliphatic rings. The molecular formula is C15H18O2. The number of hydrogen-bond acceptors (Lipinski definition) is 2. The Kier molecular flexibility index (Phi) is 1.93. The highest BCUT2D eigenvalue weighted by atomic mass is 16.5. The van der Waals surface area contributed by atoms with Crippen LogP contribution >= 0.6 is 0 Å². The van der Waals surface area contributed by atoms with Gasteiger partial charge in [-0.2, -0.15) is 0 Å². The number of carbonyl (C=O) groups excluding carboxylic acids is 1. The van der Waals surface area contributed by atoms with Gasteiger partial charge in [0.05, 0.1) is 6.61 Å². The molecular weight excluding hydrogens is 212 g/mol. The Morgan fingerprint density at radius 3 is 2.53 bits per heavy atom. The first kappa shape index (κ1) is 11.0. The minimum absolute atomic E-state index is 0.0167. The van der Waals surface area contributed by atoms with E-state index in [1.54, 1.807) is 0 Å². The third kappa shape index (κ3) is 1.28. The summed E-state index contributed by atoms with van der Waals surface area (Å²) in [5.74, 6) is 0.146. The fourth-order valence-corrected chi connectivity index (χ4v) is 3.29. The summed E-state index contributed by atoms with van der Waals surface area (Å²) in [6, 6.07) is 0. The van der Waals surface area contributed by atoms with Crippen LogP contribution < -0.4 is 0 Å².